The number of amides is 1. The van der Waals surface area contributed by atoms with Crippen LogP contribution in [-0.4, -0.2) is 37.3 Å². The quantitative estimate of drug-likeness (QED) is 0.885. The Balaban J connectivity index is 1.68. The Labute approximate surface area is 152 Å². The van der Waals surface area contributed by atoms with E-state index in [-0.39, 0.29) is 12.8 Å². The highest BCUT2D eigenvalue weighted by atomic mass is 35.5. The van der Waals surface area contributed by atoms with Gasteiger partial charge in [-0.05, 0) is 11.6 Å². The summed E-state index contributed by atoms with van der Waals surface area (Å²) in [5.74, 6) is 0. The zero-order valence-corrected chi connectivity index (χ0v) is 14.6. The molecule has 2 aromatic carbocycles. The molecule has 1 unspecified atom stereocenters. The van der Waals surface area contributed by atoms with Crippen LogP contribution in [-0.2, 0) is 16.1 Å². The molecule has 1 fully saturated rings. The molecule has 0 aliphatic carbocycles. The minimum Gasteiger partial charge on any atom is -0.445 e. The number of nitrogens with one attached hydrogen (secondary N) is 1. The van der Waals surface area contributed by atoms with E-state index < -0.39 is 6.09 Å². The van der Waals surface area contributed by atoms with Gasteiger partial charge in [-0.25, -0.2) is 4.79 Å². The van der Waals surface area contributed by atoms with Gasteiger partial charge in [0.25, 0.3) is 0 Å². The Kier molecular flexibility index (Phi) is 6.28. The first-order valence-corrected chi connectivity index (χ1v) is 8.65. The summed E-state index contributed by atoms with van der Waals surface area (Å²) in [7, 11) is 0. The maximum Gasteiger partial charge on any atom is 0.408 e. The fourth-order valence-electron chi connectivity index (χ4n) is 2.77. The SMILES string of the molecule is O=C(NC(c1ccccc1Cl)N1CCOCC1)OCc1ccccc1. The average Bonchev–Trinajstić information content (AvgIpc) is 2.67. The van der Waals surface area contributed by atoms with Gasteiger partial charge in [0.1, 0.15) is 12.8 Å². The molecule has 0 spiro atoms. The summed E-state index contributed by atoms with van der Waals surface area (Å²) in [5.41, 5.74) is 1.79. The van der Waals surface area contributed by atoms with Gasteiger partial charge in [0.05, 0.1) is 13.2 Å². The van der Waals surface area contributed by atoms with Gasteiger partial charge in [-0.15, -0.1) is 0 Å². The Morgan fingerprint density at radius 3 is 2.52 bits per heavy atom. The summed E-state index contributed by atoms with van der Waals surface area (Å²) in [4.78, 5) is 14.5. The third-order valence-corrected chi connectivity index (χ3v) is 4.42. The third kappa shape index (κ3) is 4.95. The van der Waals surface area contributed by atoms with Crippen LogP contribution in [0.15, 0.2) is 54.6 Å². The van der Waals surface area contributed by atoms with Crippen LogP contribution < -0.4 is 5.32 Å². The highest BCUT2D eigenvalue weighted by molar-refractivity contribution is 6.31. The molecule has 1 N–H and O–H groups in total. The first-order valence-electron chi connectivity index (χ1n) is 8.27. The van der Waals surface area contributed by atoms with E-state index >= 15 is 0 Å². The molecular formula is C19H21ClN2O3. The lowest BCUT2D eigenvalue weighted by Gasteiger charge is -2.35. The van der Waals surface area contributed by atoms with E-state index in [2.05, 4.69) is 10.2 Å². The largest absolute Gasteiger partial charge is 0.445 e. The normalized spacial score (nSPS) is 16.2. The predicted octanol–water partition coefficient (Wildman–Crippen LogP) is 3.60. The number of benzene rings is 2. The van der Waals surface area contributed by atoms with Gasteiger partial charge in [0, 0.05) is 23.7 Å². The molecule has 0 radical (unpaired) electrons. The van der Waals surface area contributed by atoms with Crippen molar-refractivity contribution < 1.29 is 14.3 Å². The molecule has 1 atom stereocenters. The molecule has 2 aromatic rings. The summed E-state index contributed by atoms with van der Waals surface area (Å²) in [5, 5.41) is 3.55. The van der Waals surface area contributed by atoms with E-state index in [4.69, 9.17) is 21.1 Å². The summed E-state index contributed by atoms with van der Waals surface area (Å²) in [6.07, 6.45) is -0.818. The predicted molar refractivity (Wildman–Crippen MR) is 96.3 cm³/mol. The minimum absolute atomic E-state index is 0.227. The van der Waals surface area contributed by atoms with Crippen LogP contribution in [0.2, 0.25) is 5.02 Å². The van der Waals surface area contributed by atoms with Crippen molar-refractivity contribution in [3.63, 3.8) is 0 Å². The van der Waals surface area contributed by atoms with Crippen molar-refractivity contribution in [1.29, 1.82) is 0 Å². The lowest BCUT2D eigenvalue weighted by molar-refractivity contribution is 0.00714. The Hall–Kier alpha value is -2.08. The van der Waals surface area contributed by atoms with E-state index in [1.165, 1.54) is 0 Å². The summed E-state index contributed by atoms with van der Waals surface area (Å²) in [6.45, 7) is 2.91. The standard InChI is InChI=1S/C19H21ClN2O3/c20-17-9-5-4-8-16(17)18(22-10-12-24-13-11-22)21-19(23)25-14-15-6-2-1-3-7-15/h1-9,18H,10-14H2,(H,21,23). The number of carbonyl (C=O) groups is 1. The zero-order valence-electron chi connectivity index (χ0n) is 13.9. The van der Waals surface area contributed by atoms with Gasteiger partial charge in [0.2, 0.25) is 0 Å². The number of nitrogens with zero attached hydrogens (tertiary/aromatic N) is 1. The topological polar surface area (TPSA) is 50.8 Å². The first-order chi connectivity index (χ1) is 12.2. The molecular weight excluding hydrogens is 340 g/mol. The number of carbonyl (C=O) groups excluding carboxylic acids is 1. The van der Waals surface area contributed by atoms with E-state index in [0.29, 0.717) is 18.2 Å². The number of hydrogen-bond acceptors (Lipinski definition) is 4. The van der Waals surface area contributed by atoms with E-state index in [1.807, 2.05) is 54.6 Å². The highest BCUT2D eigenvalue weighted by Gasteiger charge is 2.26. The van der Waals surface area contributed by atoms with Crippen LogP contribution >= 0.6 is 11.6 Å². The fraction of sp³-hybridized carbons (Fsp3) is 0.316. The molecule has 1 heterocycles. The lowest BCUT2D eigenvalue weighted by Crippen LogP contribution is -2.46. The van der Waals surface area contributed by atoms with Gasteiger partial charge in [-0.1, -0.05) is 60.1 Å². The zero-order chi connectivity index (χ0) is 17.5. The van der Waals surface area contributed by atoms with E-state index in [1.54, 1.807) is 0 Å². The maximum absolute atomic E-state index is 12.3. The number of morpholine rings is 1. The smallest absolute Gasteiger partial charge is 0.408 e. The molecule has 0 aromatic heterocycles. The Bertz CT molecular complexity index is 690. The van der Waals surface area contributed by atoms with Crippen molar-refractivity contribution in [3.05, 3.63) is 70.7 Å². The van der Waals surface area contributed by atoms with Crippen LogP contribution in [0, 0.1) is 0 Å². The molecule has 1 aliphatic rings. The number of halogens is 1. The minimum atomic E-state index is -0.472. The number of ether oxygens (including phenoxy) is 2. The van der Waals surface area contributed by atoms with Gasteiger partial charge in [-0.3, -0.25) is 4.90 Å². The van der Waals surface area contributed by atoms with E-state index in [0.717, 1.165) is 24.2 Å². The second-order valence-electron chi connectivity index (χ2n) is 5.78. The third-order valence-electron chi connectivity index (χ3n) is 4.08. The first kappa shape index (κ1) is 17.7. The Morgan fingerprint density at radius 1 is 1.12 bits per heavy atom. The van der Waals surface area contributed by atoms with Crippen LogP contribution in [0.5, 0.6) is 0 Å². The lowest BCUT2D eigenvalue weighted by atomic mass is 10.1. The number of rotatable bonds is 5. The molecule has 25 heavy (non-hydrogen) atoms. The van der Waals surface area contributed by atoms with Crippen molar-refractivity contribution in [3.8, 4) is 0 Å². The van der Waals surface area contributed by atoms with Crippen LogP contribution in [0.1, 0.15) is 17.3 Å². The van der Waals surface area contributed by atoms with Gasteiger partial charge in [0.15, 0.2) is 0 Å². The van der Waals surface area contributed by atoms with Crippen molar-refractivity contribution in [1.82, 2.24) is 10.2 Å². The second kappa shape index (κ2) is 8.85. The molecule has 0 saturated carbocycles. The average molecular weight is 361 g/mol. The molecule has 1 saturated heterocycles. The van der Waals surface area contributed by atoms with Crippen LogP contribution in [0.3, 0.4) is 0 Å². The summed E-state index contributed by atoms with van der Waals surface area (Å²) >= 11 is 6.34. The second-order valence-corrected chi connectivity index (χ2v) is 6.19. The molecule has 6 heteroatoms. The number of hydrogen-bond donors (Lipinski definition) is 1. The Morgan fingerprint density at radius 2 is 1.80 bits per heavy atom. The molecule has 3 rings (SSSR count). The van der Waals surface area contributed by atoms with Gasteiger partial charge < -0.3 is 14.8 Å². The maximum atomic E-state index is 12.3. The molecule has 132 valence electrons. The van der Waals surface area contributed by atoms with Crippen LogP contribution in [0.4, 0.5) is 4.79 Å². The molecule has 5 nitrogen and oxygen atoms in total. The molecule has 1 amide bonds. The number of alkyl carbamates (subject to hydrolysis) is 1. The van der Waals surface area contributed by atoms with Crippen molar-refractivity contribution in [2.24, 2.45) is 0 Å². The van der Waals surface area contributed by atoms with E-state index in [9.17, 15) is 4.79 Å². The monoisotopic (exact) mass is 360 g/mol. The van der Waals surface area contributed by atoms with Crippen molar-refractivity contribution in [2.75, 3.05) is 26.3 Å². The van der Waals surface area contributed by atoms with Crippen molar-refractivity contribution in [2.45, 2.75) is 12.8 Å². The molecule has 0 bridgehead atoms. The highest BCUT2D eigenvalue weighted by Crippen LogP contribution is 2.26. The fourth-order valence-corrected chi connectivity index (χ4v) is 3.01. The van der Waals surface area contributed by atoms with Crippen molar-refractivity contribution >= 4 is 17.7 Å². The van der Waals surface area contributed by atoms with Crippen LogP contribution in [0.25, 0.3) is 0 Å². The summed E-state index contributed by atoms with van der Waals surface area (Å²) in [6, 6.07) is 17.1. The summed E-state index contributed by atoms with van der Waals surface area (Å²) < 4.78 is 10.8. The van der Waals surface area contributed by atoms with Gasteiger partial charge in [-0.2, -0.15) is 0 Å². The molecule has 1 aliphatic heterocycles. The van der Waals surface area contributed by atoms with Gasteiger partial charge >= 0.3 is 6.09 Å².